The molecule has 0 aliphatic carbocycles. The van der Waals surface area contributed by atoms with Crippen LogP contribution in [0.5, 0.6) is 0 Å². The van der Waals surface area contributed by atoms with E-state index >= 15 is 0 Å². The summed E-state index contributed by atoms with van der Waals surface area (Å²) < 4.78 is 5.06. The summed E-state index contributed by atoms with van der Waals surface area (Å²) in [4.78, 5) is 34.2. The van der Waals surface area contributed by atoms with Gasteiger partial charge in [0.25, 0.3) is 5.91 Å². The third-order valence-electron chi connectivity index (χ3n) is 3.18. The van der Waals surface area contributed by atoms with E-state index in [1.165, 1.54) is 16.2 Å². The largest absolute Gasteiger partial charge is 0.451 e. The number of carbonyl (C=O) groups is 2. The number of nitrogens with zero attached hydrogens (tertiary/aromatic N) is 4. The monoisotopic (exact) mass is 344 g/mol. The molecule has 2 aromatic rings. The molecule has 0 unspecified atom stereocenters. The van der Waals surface area contributed by atoms with E-state index in [1.807, 2.05) is 12.1 Å². The van der Waals surface area contributed by atoms with Gasteiger partial charge in [0, 0.05) is 19.8 Å². The molecule has 0 fully saturated rings. The van der Waals surface area contributed by atoms with E-state index in [0.717, 1.165) is 0 Å². The first kappa shape index (κ1) is 17.6. The maximum atomic E-state index is 12.2. The molecule has 0 saturated carbocycles. The molecule has 0 atom stereocenters. The van der Waals surface area contributed by atoms with Gasteiger partial charge < -0.3 is 9.64 Å². The molecule has 0 aliphatic heterocycles. The van der Waals surface area contributed by atoms with Crippen LogP contribution < -0.4 is 0 Å². The molecule has 8 heteroatoms. The van der Waals surface area contributed by atoms with Crippen LogP contribution in [0.1, 0.15) is 21.8 Å². The van der Waals surface area contributed by atoms with Crippen molar-refractivity contribution >= 4 is 23.2 Å². The molecule has 2 aromatic heterocycles. The van der Waals surface area contributed by atoms with E-state index in [1.54, 1.807) is 32.3 Å². The minimum absolute atomic E-state index is 0.234. The van der Waals surface area contributed by atoms with Gasteiger partial charge in [0.15, 0.2) is 6.61 Å². The highest BCUT2D eigenvalue weighted by Crippen LogP contribution is 2.26. The second-order valence-corrected chi connectivity index (χ2v) is 5.95. The highest BCUT2D eigenvalue weighted by Gasteiger charge is 2.19. The van der Waals surface area contributed by atoms with E-state index in [-0.39, 0.29) is 18.9 Å². The number of rotatable bonds is 6. The molecule has 7 nitrogen and oxygen atoms in total. The van der Waals surface area contributed by atoms with Crippen LogP contribution in [-0.4, -0.2) is 46.9 Å². The molecule has 24 heavy (non-hydrogen) atoms. The van der Waals surface area contributed by atoms with E-state index < -0.39 is 5.97 Å². The Morgan fingerprint density at radius 1 is 1.42 bits per heavy atom. The average Bonchev–Trinajstić information content (AvgIpc) is 2.99. The van der Waals surface area contributed by atoms with Gasteiger partial charge in [-0.05, 0) is 19.1 Å². The summed E-state index contributed by atoms with van der Waals surface area (Å²) in [5.41, 5.74) is 1.22. The molecule has 2 heterocycles. The minimum atomic E-state index is -0.589. The summed E-state index contributed by atoms with van der Waals surface area (Å²) in [6.07, 6.45) is 1.89. The SMILES string of the molecule is Cc1nc(-c2ccccn2)sc1C(=O)OCC(=O)N(C)CCC#N. The summed E-state index contributed by atoms with van der Waals surface area (Å²) in [6.45, 7) is 1.65. The number of likely N-dealkylation sites (N-methyl/N-ethyl adjacent to an activating group) is 1. The number of carbonyl (C=O) groups excluding carboxylic acids is 2. The van der Waals surface area contributed by atoms with E-state index in [2.05, 4.69) is 9.97 Å². The first-order valence-corrected chi connectivity index (χ1v) is 8.01. The number of thiazole rings is 1. The number of hydrogen-bond donors (Lipinski definition) is 0. The van der Waals surface area contributed by atoms with Gasteiger partial charge in [-0.25, -0.2) is 9.78 Å². The Morgan fingerprint density at radius 2 is 2.21 bits per heavy atom. The van der Waals surface area contributed by atoms with Gasteiger partial charge in [-0.15, -0.1) is 11.3 Å². The van der Waals surface area contributed by atoms with Crippen LogP contribution >= 0.6 is 11.3 Å². The Bertz CT molecular complexity index is 767. The fourth-order valence-electron chi connectivity index (χ4n) is 1.83. The lowest BCUT2D eigenvalue weighted by Gasteiger charge is -2.14. The molecule has 0 radical (unpaired) electrons. The normalized spacial score (nSPS) is 10.0. The molecular weight excluding hydrogens is 328 g/mol. The lowest BCUT2D eigenvalue weighted by molar-refractivity contribution is -0.133. The van der Waals surface area contributed by atoms with Crippen LogP contribution in [0.2, 0.25) is 0 Å². The van der Waals surface area contributed by atoms with Crippen molar-refractivity contribution in [3.05, 3.63) is 35.0 Å². The number of aromatic nitrogens is 2. The topological polar surface area (TPSA) is 96.2 Å². The summed E-state index contributed by atoms with van der Waals surface area (Å²) in [6, 6.07) is 7.40. The Labute approximate surface area is 143 Å². The lowest BCUT2D eigenvalue weighted by atomic mass is 10.3. The molecule has 0 spiro atoms. The first-order chi connectivity index (χ1) is 11.5. The summed E-state index contributed by atoms with van der Waals surface area (Å²) in [5, 5.41) is 9.13. The third kappa shape index (κ3) is 4.36. The number of amides is 1. The van der Waals surface area contributed by atoms with Crippen LogP contribution in [0.25, 0.3) is 10.7 Å². The van der Waals surface area contributed by atoms with E-state index in [0.29, 0.717) is 27.8 Å². The van der Waals surface area contributed by atoms with Crippen LogP contribution in [-0.2, 0) is 9.53 Å². The number of esters is 1. The standard InChI is InChI=1S/C16H16N4O3S/c1-11-14(24-15(19-11)12-6-3-4-8-18-12)16(22)23-10-13(21)20(2)9-5-7-17/h3-4,6,8H,5,9-10H2,1-2H3. The molecule has 0 aliphatic rings. The molecule has 0 saturated heterocycles. The van der Waals surface area contributed by atoms with E-state index in [4.69, 9.17) is 10.00 Å². The maximum absolute atomic E-state index is 12.2. The summed E-state index contributed by atoms with van der Waals surface area (Å²) >= 11 is 1.18. The zero-order chi connectivity index (χ0) is 17.5. The zero-order valence-electron chi connectivity index (χ0n) is 13.4. The third-order valence-corrected chi connectivity index (χ3v) is 4.34. The fraction of sp³-hybridized carbons (Fsp3) is 0.312. The van der Waals surface area contributed by atoms with Crippen molar-refractivity contribution in [1.29, 1.82) is 5.26 Å². The van der Waals surface area contributed by atoms with Crippen molar-refractivity contribution in [2.24, 2.45) is 0 Å². The van der Waals surface area contributed by atoms with Gasteiger partial charge in [-0.3, -0.25) is 9.78 Å². The average molecular weight is 344 g/mol. The molecule has 124 valence electrons. The maximum Gasteiger partial charge on any atom is 0.350 e. The van der Waals surface area contributed by atoms with Gasteiger partial charge in [-0.1, -0.05) is 6.07 Å². The van der Waals surface area contributed by atoms with E-state index in [9.17, 15) is 9.59 Å². The van der Waals surface area contributed by atoms with Crippen molar-refractivity contribution in [3.63, 3.8) is 0 Å². The highest BCUT2D eigenvalue weighted by molar-refractivity contribution is 7.17. The second-order valence-electron chi connectivity index (χ2n) is 4.95. The van der Waals surface area contributed by atoms with Gasteiger partial charge in [0.1, 0.15) is 9.88 Å². The first-order valence-electron chi connectivity index (χ1n) is 7.19. The number of pyridine rings is 1. The Kier molecular flexibility index (Phi) is 5.98. The molecule has 0 N–H and O–H groups in total. The second kappa shape index (κ2) is 8.17. The fourth-order valence-corrected chi connectivity index (χ4v) is 2.77. The summed E-state index contributed by atoms with van der Waals surface area (Å²) in [5.74, 6) is -0.945. The molecular formula is C16H16N4O3S. The predicted molar refractivity (Wildman–Crippen MR) is 88.2 cm³/mol. The van der Waals surface area contributed by atoms with Crippen LogP contribution in [0.15, 0.2) is 24.4 Å². The van der Waals surface area contributed by atoms with Gasteiger partial charge in [0.05, 0.1) is 23.9 Å². The number of nitriles is 1. The smallest absolute Gasteiger partial charge is 0.350 e. The molecule has 1 amide bonds. The quantitative estimate of drug-likeness (QED) is 0.744. The zero-order valence-corrected chi connectivity index (χ0v) is 14.2. The molecule has 2 rings (SSSR count). The number of ether oxygens (including phenoxy) is 1. The highest BCUT2D eigenvalue weighted by atomic mass is 32.1. The number of hydrogen-bond acceptors (Lipinski definition) is 7. The van der Waals surface area contributed by atoms with Crippen molar-refractivity contribution in [2.75, 3.05) is 20.2 Å². The molecule has 0 aromatic carbocycles. The Hall–Kier alpha value is -2.79. The van der Waals surface area contributed by atoms with Gasteiger partial charge >= 0.3 is 5.97 Å². The van der Waals surface area contributed by atoms with Gasteiger partial charge in [0.2, 0.25) is 0 Å². The Balaban J connectivity index is 1.99. The van der Waals surface area contributed by atoms with Crippen LogP contribution in [0.3, 0.4) is 0 Å². The van der Waals surface area contributed by atoms with Crippen molar-refractivity contribution in [1.82, 2.24) is 14.9 Å². The minimum Gasteiger partial charge on any atom is -0.451 e. The Morgan fingerprint density at radius 3 is 2.88 bits per heavy atom. The summed E-state index contributed by atoms with van der Waals surface area (Å²) in [7, 11) is 1.56. The van der Waals surface area contributed by atoms with Crippen LogP contribution in [0, 0.1) is 18.3 Å². The predicted octanol–water partition coefficient (Wildman–Crippen LogP) is 2.04. The van der Waals surface area contributed by atoms with Crippen LogP contribution in [0.4, 0.5) is 0 Å². The van der Waals surface area contributed by atoms with Crippen molar-refractivity contribution in [2.45, 2.75) is 13.3 Å². The van der Waals surface area contributed by atoms with Gasteiger partial charge in [-0.2, -0.15) is 5.26 Å². The van der Waals surface area contributed by atoms with Crippen molar-refractivity contribution in [3.8, 4) is 16.8 Å². The van der Waals surface area contributed by atoms with Crippen molar-refractivity contribution < 1.29 is 14.3 Å². The molecule has 0 bridgehead atoms. The lowest BCUT2D eigenvalue weighted by Crippen LogP contribution is -2.31. The number of aryl methyl sites for hydroxylation is 1.